The van der Waals surface area contributed by atoms with Crippen molar-refractivity contribution in [2.75, 3.05) is 5.88 Å². The van der Waals surface area contributed by atoms with Gasteiger partial charge >= 0.3 is 0 Å². The summed E-state index contributed by atoms with van der Waals surface area (Å²) >= 11 is 5.71. The van der Waals surface area contributed by atoms with Crippen LogP contribution in [-0.4, -0.2) is 24.8 Å². The Morgan fingerprint density at radius 1 is 1.25 bits per heavy atom. The summed E-state index contributed by atoms with van der Waals surface area (Å²) in [6.07, 6.45) is 2.19. The topological polar surface area (TPSA) is 59.1 Å². The molecule has 0 amide bonds. The van der Waals surface area contributed by atoms with Crippen LogP contribution < -0.4 is 4.72 Å². The molecule has 1 N–H and O–H groups in total. The summed E-state index contributed by atoms with van der Waals surface area (Å²) in [7, 11) is -3.62. The van der Waals surface area contributed by atoms with Gasteiger partial charge in [0.15, 0.2) is 0 Å². The van der Waals surface area contributed by atoms with E-state index in [0.29, 0.717) is 23.2 Å². The molecule has 0 bridgehead atoms. The van der Waals surface area contributed by atoms with Crippen molar-refractivity contribution in [3.8, 4) is 0 Å². The maximum Gasteiger partial charge on any atom is 0.241 e. The Hall–Kier alpha value is -1.17. The van der Waals surface area contributed by atoms with Crippen molar-refractivity contribution in [3.05, 3.63) is 36.5 Å². The van der Waals surface area contributed by atoms with E-state index in [1.165, 1.54) is 0 Å². The number of alkyl halides is 1. The molecule has 0 saturated heterocycles. The highest BCUT2D eigenvalue weighted by molar-refractivity contribution is 7.89. The quantitative estimate of drug-likeness (QED) is 0.864. The number of nitrogens with zero attached hydrogens (tertiary/aromatic N) is 1. The molecule has 6 heteroatoms. The first-order chi connectivity index (χ1) is 9.36. The molecule has 0 radical (unpaired) electrons. The number of fused-ring (bicyclic) bond motifs is 1. The maximum absolute atomic E-state index is 12.6. The van der Waals surface area contributed by atoms with Crippen molar-refractivity contribution in [1.82, 2.24) is 9.71 Å². The van der Waals surface area contributed by atoms with Crippen molar-refractivity contribution in [3.63, 3.8) is 0 Å². The van der Waals surface area contributed by atoms with Gasteiger partial charge in [0.2, 0.25) is 10.0 Å². The number of sulfonamides is 1. The van der Waals surface area contributed by atoms with Gasteiger partial charge in [0.1, 0.15) is 0 Å². The normalized spacial score (nSPS) is 12.8. The molecular formula is C14H17ClN2O2S. The molecule has 0 saturated carbocycles. The summed E-state index contributed by atoms with van der Waals surface area (Å²) < 4.78 is 27.8. The number of halogens is 1. The van der Waals surface area contributed by atoms with Crippen molar-refractivity contribution in [2.24, 2.45) is 0 Å². The van der Waals surface area contributed by atoms with Crippen LogP contribution in [0.2, 0.25) is 0 Å². The van der Waals surface area contributed by atoms with Crippen molar-refractivity contribution in [1.29, 1.82) is 0 Å². The Morgan fingerprint density at radius 2 is 2.00 bits per heavy atom. The molecule has 4 nitrogen and oxygen atoms in total. The zero-order valence-electron chi connectivity index (χ0n) is 11.4. The molecule has 0 spiro atoms. The van der Waals surface area contributed by atoms with Crippen molar-refractivity contribution in [2.45, 2.75) is 30.7 Å². The zero-order chi connectivity index (χ0) is 14.8. The SMILES string of the molecule is CC(C)(CCCl)NS(=O)(=O)c1cccc2ncccc12. The fourth-order valence-corrected chi connectivity index (χ4v) is 4.15. The van der Waals surface area contributed by atoms with Gasteiger partial charge in [0, 0.05) is 23.0 Å². The Kier molecular flexibility index (Phi) is 4.32. The molecule has 2 rings (SSSR count). The van der Waals surface area contributed by atoms with E-state index in [4.69, 9.17) is 11.6 Å². The highest BCUT2D eigenvalue weighted by Crippen LogP contribution is 2.23. The van der Waals surface area contributed by atoms with E-state index in [2.05, 4.69) is 9.71 Å². The fraction of sp³-hybridized carbons (Fsp3) is 0.357. The van der Waals surface area contributed by atoms with Gasteiger partial charge in [-0.1, -0.05) is 6.07 Å². The van der Waals surface area contributed by atoms with Crippen LogP contribution in [0.1, 0.15) is 20.3 Å². The molecule has 0 aliphatic carbocycles. The fourth-order valence-electron chi connectivity index (χ4n) is 2.02. The second kappa shape index (κ2) is 5.68. The van der Waals surface area contributed by atoms with E-state index < -0.39 is 15.6 Å². The van der Waals surface area contributed by atoms with Gasteiger partial charge in [0.05, 0.1) is 10.4 Å². The van der Waals surface area contributed by atoms with Gasteiger partial charge in [-0.3, -0.25) is 4.98 Å². The van der Waals surface area contributed by atoms with Crippen LogP contribution in [0.25, 0.3) is 10.9 Å². The van der Waals surface area contributed by atoms with Gasteiger partial charge in [-0.25, -0.2) is 13.1 Å². The van der Waals surface area contributed by atoms with Gasteiger partial charge in [-0.2, -0.15) is 0 Å². The van der Waals surface area contributed by atoms with Crippen LogP contribution in [0.5, 0.6) is 0 Å². The Balaban J connectivity index is 2.47. The summed E-state index contributed by atoms with van der Waals surface area (Å²) in [4.78, 5) is 4.42. The third kappa shape index (κ3) is 3.29. The highest BCUT2D eigenvalue weighted by Gasteiger charge is 2.26. The molecule has 20 heavy (non-hydrogen) atoms. The summed E-state index contributed by atoms with van der Waals surface area (Å²) in [5.41, 5.74) is 0.0656. The summed E-state index contributed by atoms with van der Waals surface area (Å²) in [5, 5.41) is 0.615. The number of benzene rings is 1. The molecule has 2 aromatic rings. The number of hydrogen-bond acceptors (Lipinski definition) is 3. The second-order valence-electron chi connectivity index (χ2n) is 5.25. The number of nitrogens with one attached hydrogen (secondary N) is 1. The number of aromatic nitrogens is 1. The molecule has 0 atom stereocenters. The van der Waals surface area contributed by atoms with Crippen LogP contribution in [0, 0.1) is 0 Å². The van der Waals surface area contributed by atoms with E-state index in [0.717, 1.165) is 0 Å². The van der Waals surface area contributed by atoms with Crippen LogP contribution in [0.3, 0.4) is 0 Å². The molecule has 0 aliphatic rings. The summed E-state index contributed by atoms with van der Waals surface area (Å²) in [6, 6.07) is 8.55. The van der Waals surface area contributed by atoms with Crippen LogP contribution in [0.15, 0.2) is 41.4 Å². The lowest BCUT2D eigenvalue weighted by atomic mass is 10.0. The van der Waals surface area contributed by atoms with E-state index in [-0.39, 0.29) is 4.90 Å². The lowest BCUT2D eigenvalue weighted by Gasteiger charge is -2.25. The number of pyridine rings is 1. The number of hydrogen-bond donors (Lipinski definition) is 1. The average molecular weight is 313 g/mol. The van der Waals surface area contributed by atoms with Crippen LogP contribution >= 0.6 is 11.6 Å². The maximum atomic E-state index is 12.6. The van der Waals surface area contributed by atoms with Crippen LogP contribution in [-0.2, 0) is 10.0 Å². The summed E-state index contributed by atoms with van der Waals surface area (Å²) in [5.74, 6) is 0.395. The first-order valence-electron chi connectivity index (χ1n) is 6.29. The first kappa shape index (κ1) is 15.2. The highest BCUT2D eigenvalue weighted by atomic mass is 35.5. The van der Waals surface area contributed by atoms with Crippen LogP contribution in [0.4, 0.5) is 0 Å². The minimum Gasteiger partial charge on any atom is -0.256 e. The predicted octanol–water partition coefficient (Wildman–Crippen LogP) is 2.92. The van der Waals surface area contributed by atoms with E-state index in [1.54, 1.807) is 36.5 Å². The van der Waals surface area contributed by atoms with Gasteiger partial charge in [0.25, 0.3) is 0 Å². The van der Waals surface area contributed by atoms with Crippen molar-refractivity contribution < 1.29 is 8.42 Å². The Bertz CT molecular complexity index is 709. The average Bonchev–Trinajstić information content (AvgIpc) is 2.36. The Labute approximate surface area is 124 Å². The molecule has 1 aromatic heterocycles. The first-order valence-corrected chi connectivity index (χ1v) is 8.31. The lowest BCUT2D eigenvalue weighted by Crippen LogP contribution is -2.43. The predicted molar refractivity (Wildman–Crippen MR) is 81.5 cm³/mol. The third-order valence-electron chi connectivity index (χ3n) is 3.03. The standard InChI is InChI=1S/C14H17ClN2O2S/c1-14(2,8-9-15)17-20(18,19)13-7-3-6-12-11(13)5-4-10-16-12/h3-7,10,17H,8-9H2,1-2H3. The smallest absolute Gasteiger partial charge is 0.241 e. The molecule has 108 valence electrons. The van der Waals surface area contributed by atoms with Gasteiger partial charge in [-0.15, -0.1) is 11.6 Å². The molecule has 0 unspecified atom stereocenters. The lowest BCUT2D eigenvalue weighted by molar-refractivity contribution is 0.442. The summed E-state index contributed by atoms with van der Waals surface area (Å²) in [6.45, 7) is 3.63. The molecular weight excluding hydrogens is 296 g/mol. The van der Waals surface area contributed by atoms with Gasteiger partial charge in [-0.05, 0) is 44.5 Å². The Morgan fingerprint density at radius 3 is 2.70 bits per heavy atom. The minimum absolute atomic E-state index is 0.241. The monoisotopic (exact) mass is 312 g/mol. The minimum atomic E-state index is -3.62. The van der Waals surface area contributed by atoms with Gasteiger partial charge < -0.3 is 0 Å². The molecule has 1 heterocycles. The van der Waals surface area contributed by atoms with E-state index in [1.807, 2.05) is 13.8 Å². The van der Waals surface area contributed by atoms with E-state index in [9.17, 15) is 8.42 Å². The van der Waals surface area contributed by atoms with Crippen molar-refractivity contribution >= 4 is 32.5 Å². The third-order valence-corrected chi connectivity index (χ3v) is 4.97. The molecule has 0 aliphatic heterocycles. The number of rotatable bonds is 5. The second-order valence-corrected chi connectivity index (χ2v) is 7.28. The molecule has 1 aromatic carbocycles. The van der Waals surface area contributed by atoms with E-state index >= 15 is 0 Å². The molecule has 0 fully saturated rings. The largest absolute Gasteiger partial charge is 0.256 e. The zero-order valence-corrected chi connectivity index (χ0v) is 13.0.